The predicted molar refractivity (Wildman–Crippen MR) is 77.2 cm³/mol. The number of piperazine rings is 1. The Labute approximate surface area is 120 Å². The molecule has 0 aliphatic carbocycles. The molecule has 1 fully saturated rings. The SMILES string of the molecule is CC(O)C(=O)N1CCN(Cc2ccccc2)CC1.Cl. The molecule has 1 aromatic rings. The Bertz CT molecular complexity index is 390. The van der Waals surface area contributed by atoms with Crippen molar-refractivity contribution in [3.05, 3.63) is 35.9 Å². The van der Waals surface area contributed by atoms with Crippen LogP contribution in [-0.4, -0.2) is 53.1 Å². The van der Waals surface area contributed by atoms with Gasteiger partial charge in [-0.25, -0.2) is 0 Å². The molecule has 5 heteroatoms. The molecule has 4 nitrogen and oxygen atoms in total. The summed E-state index contributed by atoms with van der Waals surface area (Å²) >= 11 is 0. The molecular formula is C14H21ClN2O2. The number of aliphatic hydroxyl groups is 1. The lowest BCUT2D eigenvalue weighted by Crippen LogP contribution is -2.50. The Morgan fingerprint density at radius 2 is 1.79 bits per heavy atom. The van der Waals surface area contributed by atoms with Crippen LogP contribution in [-0.2, 0) is 11.3 Å². The first kappa shape index (κ1) is 16.0. The lowest BCUT2D eigenvalue weighted by atomic mass is 10.2. The fourth-order valence-electron chi connectivity index (χ4n) is 2.23. The van der Waals surface area contributed by atoms with Gasteiger partial charge in [-0.15, -0.1) is 12.4 Å². The van der Waals surface area contributed by atoms with E-state index in [2.05, 4.69) is 17.0 Å². The number of hydrogen-bond donors (Lipinski definition) is 1. The Hall–Kier alpha value is -1.10. The molecule has 1 N–H and O–H groups in total. The lowest BCUT2D eigenvalue weighted by Gasteiger charge is -2.35. The Morgan fingerprint density at radius 3 is 2.32 bits per heavy atom. The highest BCUT2D eigenvalue weighted by molar-refractivity contribution is 5.85. The van der Waals surface area contributed by atoms with E-state index in [1.54, 1.807) is 4.90 Å². The van der Waals surface area contributed by atoms with Gasteiger partial charge in [0.05, 0.1) is 0 Å². The molecule has 0 saturated carbocycles. The normalized spacial score (nSPS) is 17.7. The fourth-order valence-corrected chi connectivity index (χ4v) is 2.23. The van der Waals surface area contributed by atoms with E-state index in [1.807, 2.05) is 18.2 Å². The van der Waals surface area contributed by atoms with Crippen molar-refractivity contribution in [2.24, 2.45) is 0 Å². The Kier molecular flexibility index (Phi) is 6.28. The molecule has 0 radical (unpaired) electrons. The Balaban J connectivity index is 0.00000180. The third-order valence-corrected chi connectivity index (χ3v) is 3.29. The monoisotopic (exact) mass is 284 g/mol. The summed E-state index contributed by atoms with van der Waals surface area (Å²) in [7, 11) is 0. The summed E-state index contributed by atoms with van der Waals surface area (Å²) in [5.41, 5.74) is 1.30. The summed E-state index contributed by atoms with van der Waals surface area (Å²) in [6.45, 7) is 5.60. The van der Waals surface area contributed by atoms with Crippen LogP contribution in [0, 0.1) is 0 Å². The molecule has 1 aliphatic heterocycles. The molecule has 1 aromatic carbocycles. The smallest absolute Gasteiger partial charge is 0.251 e. The summed E-state index contributed by atoms with van der Waals surface area (Å²) in [5, 5.41) is 9.27. The first-order valence-corrected chi connectivity index (χ1v) is 6.40. The van der Waals surface area contributed by atoms with E-state index < -0.39 is 6.10 Å². The second-order valence-electron chi connectivity index (χ2n) is 4.76. The van der Waals surface area contributed by atoms with Gasteiger partial charge in [0.2, 0.25) is 0 Å². The number of amides is 1. The van der Waals surface area contributed by atoms with Gasteiger partial charge in [0, 0.05) is 32.7 Å². The number of benzene rings is 1. The van der Waals surface area contributed by atoms with E-state index in [0.717, 1.165) is 19.6 Å². The average molecular weight is 285 g/mol. The van der Waals surface area contributed by atoms with Gasteiger partial charge in [0.1, 0.15) is 6.10 Å². The van der Waals surface area contributed by atoms with E-state index in [-0.39, 0.29) is 18.3 Å². The van der Waals surface area contributed by atoms with Crippen molar-refractivity contribution < 1.29 is 9.90 Å². The molecule has 1 unspecified atom stereocenters. The van der Waals surface area contributed by atoms with Gasteiger partial charge in [-0.1, -0.05) is 30.3 Å². The topological polar surface area (TPSA) is 43.8 Å². The molecule has 19 heavy (non-hydrogen) atoms. The van der Waals surface area contributed by atoms with E-state index in [9.17, 15) is 9.90 Å². The van der Waals surface area contributed by atoms with E-state index in [0.29, 0.717) is 13.1 Å². The highest BCUT2D eigenvalue weighted by Crippen LogP contribution is 2.09. The number of aliphatic hydroxyl groups excluding tert-OH is 1. The lowest BCUT2D eigenvalue weighted by molar-refractivity contribution is -0.141. The first-order chi connectivity index (χ1) is 8.66. The van der Waals surface area contributed by atoms with Crippen LogP contribution < -0.4 is 0 Å². The van der Waals surface area contributed by atoms with Crippen molar-refractivity contribution in [1.29, 1.82) is 0 Å². The summed E-state index contributed by atoms with van der Waals surface area (Å²) in [5.74, 6) is -0.158. The van der Waals surface area contributed by atoms with Crippen LogP contribution in [0.25, 0.3) is 0 Å². The van der Waals surface area contributed by atoms with Crippen LogP contribution in [0.3, 0.4) is 0 Å². The molecule has 0 spiro atoms. The third-order valence-electron chi connectivity index (χ3n) is 3.29. The van der Waals surface area contributed by atoms with Gasteiger partial charge in [0.15, 0.2) is 0 Å². The highest BCUT2D eigenvalue weighted by atomic mass is 35.5. The zero-order valence-electron chi connectivity index (χ0n) is 11.2. The number of nitrogens with zero attached hydrogens (tertiary/aromatic N) is 2. The molecule has 1 aliphatic rings. The average Bonchev–Trinajstić information content (AvgIpc) is 2.40. The molecular weight excluding hydrogens is 264 g/mol. The van der Waals surface area contributed by atoms with Crippen molar-refractivity contribution in [2.75, 3.05) is 26.2 Å². The zero-order chi connectivity index (χ0) is 13.0. The Morgan fingerprint density at radius 1 is 1.21 bits per heavy atom. The van der Waals surface area contributed by atoms with Crippen molar-refractivity contribution in [2.45, 2.75) is 19.6 Å². The van der Waals surface area contributed by atoms with Crippen LogP contribution in [0.5, 0.6) is 0 Å². The number of carbonyl (C=O) groups excluding carboxylic acids is 1. The minimum Gasteiger partial charge on any atom is -0.384 e. The van der Waals surface area contributed by atoms with Gasteiger partial charge in [-0.2, -0.15) is 0 Å². The van der Waals surface area contributed by atoms with Gasteiger partial charge >= 0.3 is 0 Å². The second kappa shape index (κ2) is 7.48. The van der Waals surface area contributed by atoms with E-state index in [4.69, 9.17) is 0 Å². The molecule has 1 saturated heterocycles. The zero-order valence-corrected chi connectivity index (χ0v) is 12.0. The van der Waals surface area contributed by atoms with E-state index >= 15 is 0 Å². The van der Waals surface area contributed by atoms with Crippen molar-refractivity contribution >= 4 is 18.3 Å². The maximum absolute atomic E-state index is 11.6. The third kappa shape index (κ3) is 4.49. The molecule has 106 valence electrons. The quantitative estimate of drug-likeness (QED) is 0.905. The van der Waals surface area contributed by atoms with Crippen LogP contribution in [0.1, 0.15) is 12.5 Å². The maximum atomic E-state index is 11.6. The first-order valence-electron chi connectivity index (χ1n) is 6.40. The van der Waals surface area contributed by atoms with Gasteiger partial charge in [0.25, 0.3) is 5.91 Å². The van der Waals surface area contributed by atoms with Crippen molar-refractivity contribution in [3.8, 4) is 0 Å². The summed E-state index contributed by atoms with van der Waals surface area (Å²) in [6.07, 6.45) is -0.884. The minimum absolute atomic E-state index is 0. The van der Waals surface area contributed by atoms with Crippen molar-refractivity contribution in [3.63, 3.8) is 0 Å². The second-order valence-corrected chi connectivity index (χ2v) is 4.76. The largest absolute Gasteiger partial charge is 0.384 e. The molecule has 1 atom stereocenters. The predicted octanol–water partition coefficient (Wildman–Crippen LogP) is 1.13. The summed E-state index contributed by atoms with van der Waals surface area (Å²) < 4.78 is 0. The number of carbonyl (C=O) groups is 1. The van der Waals surface area contributed by atoms with Crippen LogP contribution in [0.4, 0.5) is 0 Å². The van der Waals surface area contributed by atoms with E-state index in [1.165, 1.54) is 12.5 Å². The summed E-state index contributed by atoms with van der Waals surface area (Å²) in [6, 6.07) is 10.3. The molecule has 1 amide bonds. The van der Waals surface area contributed by atoms with Gasteiger partial charge in [-0.05, 0) is 12.5 Å². The van der Waals surface area contributed by atoms with Crippen LogP contribution in [0.15, 0.2) is 30.3 Å². The number of rotatable bonds is 3. The molecule has 2 rings (SSSR count). The highest BCUT2D eigenvalue weighted by Gasteiger charge is 2.23. The fraction of sp³-hybridized carbons (Fsp3) is 0.500. The van der Waals surface area contributed by atoms with Crippen molar-refractivity contribution in [1.82, 2.24) is 9.80 Å². The van der Waals surface area contributed by atoms with Crippen LogP contribution in [0.2, 0.25) is 0 Å². The minimum atomic E-state index is -0.884. The summed E-state index contributed by atoms with van der Waals surface area (Å²) in [4.78, 5) is 15.7. The van der Waals surface area contributed by atoms with Gasteiger partial charge < -0.3 is 10.0 Å². The van der Waals surface area contributed by atoms with Gasteiger partial charge in [-0.3, -0.25) is 9.69 Å². The number of halogens is 1. The molecule has 1 heterocycles. The van der Waals surface area contributed by atoms with Crippen LogP contribution >= 0.6 is 12.4 Å². The number of hydrogen-bond acceptors (Lipinski definition) is 3. The standard InChI is InChI=1S/C14H20N2O2.ClH/c1-12(17)14(18)16-9-7-15(8-10-16)11-13-5-3-2-4-6-13;/h2-6,12,17H,7-11H2,1H3;1H. The molecule has 0 bridgehead atoms. The maximum Gasteiger partial charge on any atom is 0.251 e. The molecule has 0 aromatic heterocycles.